The van der Waals surface area contributed by atoms with E-state index in [-0.39, 0.29) is 18.3 Å². The summed E-state index contributed by atoms with van der Waals surface area (Å²) in [6, 6.07) is 4.94. The Morgan fingerprint density at radius 3 is 2.96 bits per heavy atom. The summed E-state index contributed by atoms with van der Waals surface area (Å²) in [5, 5.41) is 3.23. The molecule has 1 heterocycles. The van der Waals surface area contributed by atoms with Crippen molar-refractivity contribution in [1.82, 2.24) is 10.2 Å². The summed E-state index contributed by atoms with van der Waals surface area (Å²) in [7, 11) is 1.92. The number of likely N-dealkylation sites (N-methyl/N-ethyl adjacent to an activating group) is 1. The van der Waals surface area contributed by atoms with Crippen molar-refractivity contribution in [1.29, 1.82) is 0 Å². The Morgan fingerprint density at radius 1 is 1.39 bits per heavy atom. The van der Waals surface area contributed by atoms with Crippen LogP contribution in [-0.2, 0) is 11.3 Å². The lowest BCUT2D eigenvalue weighted by Gasteiger charge is -2.32. The van der Waals surface area contributed by atoms with Crippen LogP contribution in [0, 0.1) is 11.7 Å². The third-order valence-corrected chi connectivity index (χ3v) is 4.72. The molecule has 2 aliphatic rings. The van der Waals surface area contributed by atoms with Crippen LogP contribution in [0.2, 0.25) is 0 Å². The van der Waals surface area contributed by atoms with Crippen molar-refractivity contribution in [2.75, 3.05) is 26.7 Å². The second-order valence-corrected chi connectivity index (χ2v) is 6.64. The van der Waals surface area contributed by atoms with Gasteiger partial charge in [0.25, 0.3) is 5.91 Å². The van der Waals surface area contributed by atoms with E-state index in [2.05, 4.69) is 5.32 Å². The maximum atomic E-state index is 13.9. The number of rotatable bonds is 6. The molecule has 1 aliphatic carbocycles. The highest BCUT2D eigenvalue weighted by Crippen LogP contribution is 2.29. The van der Waals surface area contributed by atoms with Crippen LogP contribution in [0.3, 0.4) is 0 Å². The van der Waals surface area contributed by atoms with Crippen molar-refractivity contribution in [2.45, 2.75) is 38.3 Å². The number of hydrogen-bond donors (Lipinski definition) is 1. The molecule has 1 unspecified atom stereocenters. The number of carbonyl (C=O) groups is 1. The highest BCUT2D eigenvalue weighted by molar-refractivity contribution is 5.94. The minimum atomic E-state index is -0.302. The smallest absolute Gasteiger partial charge is 0.253 e. The van der Waals surface area contributed by atoms with Crippen molar-refractivity contribution in [3.05, 3.63) is 35.1 Å². The largest absolute Gasteiger partial charge is 0.376 e. The minimum absolute atomic E-state index is 0.0200. The zero-order chi connectivity index (χ0) is 16.2. The van der Waals surface area contributed by atoms with Crippen molar-refractivity contribution < 1.29 is 13.9 Å². The van der Waals surface area contributed by atoms with E-state index >= 15 is 0 Å². The van der Waals surface area contributed by atoms with Gasteiger partial charge in [-0.1, -0.05) is 0 Å². The quantitative estimate of drug-likeness (QED) is 0.876. The summed E-state index contributed by atoms with van der Waals surface area (Å²) < 4.78 is 19.5. The van der Waals surface area contributed by atoms with E-state index in [0.29, 0.717) is 36.2 Å². The molecule has 1 saturated heterocycles. The number of likely N-dealkylation sites (tertiary alicyclic amines) is 1. The van der Waals surface area contributed by atoms with Gasteiger partial charge in [0.1, 0.15) is 5.82 Å². The van der Waals surface area contributed by atoms with E-state index in [1.54, 1.807) is 12.1 Å². The van der Waals surface area contributed by atoms with Crippen LogP contribution in [0.15, 0.2) is 18.2 Å². The number of ether oxygens (including phenoxy) is 1. The Hall–Kier alpha value is -1.46. The first kappa shape index (κ1) is 16.4. The lowest BCUT2D eigenvalue weighted by molar-refractivity contribution is 0.0697. The van der Waals surface area contributed by atoms with Gasteiger partial charge >= 0.3 is 0 Å². The lowest BCUT2D eigenvalue weighted by Crippen LogP contribution is -2.47. The normalized spacial score (nSPS) is 21.5. The van der Waals surface area contributed by atoms with Crippen LogP contribution >= 0.6 is 0 Å². The van der Waals surface area contributed by atoms with Gasteiger partial charge in [0.05, 0.1) is 6.61 Å². The predicted octanol–water partition coefficient (Wildman–Crippen LogP) is 2.58. The average molecular weight is 320 g/mol. The highest BCUT2D eigenvalue weighted by atomic mass is 19.1. The SMILES string of the molecule is CNC1CCCN(C(=O)c2ccc(F)c(COCC3CC3)c2)C1. The molecule has 2 fully saturated rings. The van der Waals surface area contributed by atoms with Crippen molar-refractivity contribution in [2.24, 2.45) is 5.92 Å². The predicted molar refractivity (Wildman–Crippen MR) is 86.8 cm³/mol. The van der Waals surface area contributed by atoms with E-state index in [1.807, 2.05) is 11.9 Å². The Morgan fingerprint density at radius 2 is 2.22 bits per heavy atom. The van der Waals surface area contributed by atoms with Crippen molar-refractivity contribution in [3.8, 4) is 0 Å². The van der Waals surface area contributed by atoms with Crippen LogP contribution in [0.5, 0.6) is 0 Å². The molecule has 1 aromatic carbocycles. The molecule has 3 rings (SSSR count). The summed E-state index contributed by atoms with van der Waals surface area (Å²) in [5.74, 6) is 0.326. The van der Waals surface area contributed by atoms with Gasteiger partial charge in [-0.25, -0.2) is 4.39 Å². The van der Waals surface area contributed by atoms with Crippen molar-refractivity contribution >= 4 is 5.91 Å². The zero-order valence-electron chi connectivity index (χ0n) is 13.7. The maximum absolute atomic E-state index is 13.9. The van der Waals surface area contributed by atoms with Crippen LogP contribution in [-0.4, -0.2) is 43.6 Å². The molecule has 0 aromatic heterocycles. The third-order valence-electron chi connectivity index (χ3n) is 4.72. The summed E-state index contributed by atoms with van der Waals surface area (Å²) >= 11 is 0. The monoisotopic (exact) mass is 320 g/mol. The average Bonchev–Trinajstić information content (AvgIpc) is 3.40. The number of piperidine rings is 1. The van der Waals surface area contributed by atoms with Gasteiger partial charge < -0.3 is 15.0 Å². The van der Waals surface area contributed by atoms with Gasteiger partial charge in [-0.3, -0.25) is 4.79 Å². The highest BCUT2D eigenvalue weighted by Gasteiger charge is 2.24. The number of halogens is 1. The summed E-state index contributed by atoms with van der Waals surface area (Å²) in [5.41, 5.74) is 1.02. The van der Waals surface area contributed by atoms with Gasteiger partial charge in [-0.05, 0) is 56.8 Å². The fraction of sp³-hybridized carbons (Fsp3) is 0.611. The van der Waals surface area contributed by atoms with Crippen LogP contribution in [0.4, 0.5) is 4.39 Å². The summed E-state index contributed by atoms with van der Waals surface area (Å²) in [6.07, 6.45) is 4.50. The Balaban J connectivity index is 1.64. The molecule has 1 N–H and O–H groups in total. The number of nitrogens with zero attached hydrogens (tertiary/aromatic N) is 1. The zero-order valence-corrected chi connectivity index (χ0v) is 13.7. The molecular weight excluding hydrogens is 295 g/mol. The number of nitrogens with one attached hydrogen (secondary N) is 1. The fourth-order valence-corrected chi connectivity index (χ4v) is 3.02. The van der Waals surface area contributed by atoms with Gasteiger partial charge in [-0.15, -0.1) is 0 Å². The van der Waals surface area contributed by atoms with Gasteiger partial charge in [0.2, 0.25) is 0 Å². The van der Waals surface area contributed by atoms with E-state index in [4.69, 9.17) is 4.74 Å². The minimum Gasteiger partial charge on any atom is -0.376 e. The maximum Gasteiger partial charge on any atom is 0.253 e. The molecule has 1 amide bonds. The molecule has 5 heteroatoms. The molecule has 0 bridgehead atoms. The number of benzene rings is 1. The van der Waals surface area contributed by atoms with Gasteiger partial charge in [0.15, 0.2) is 0 Å². The molecule has 126 valence electrons. The van der Waals surface area contributed by atoms with E-state index in [0.717, 1.165) is 19.4 Å². The Kier molecular flexibility index (Phi) is 5.28. The molecule has 1 aromatic rings. The lowest BCUT2D eigenvalue weighted by atomic mass is 10.0. The molecule has 1 saturated carbocycles. The second kappa shape index (κ2) is 7.41. The molecule has 4 nitrogen and oxygen atoms in total. The second-order valence-electron chi connectivity index (χ2n) is 6.64. The molecule has 1 aliphatic heterocycles. The molecule has 0 spiro atoms. The summed E-state index contributed by atoms with van der Waals surface area (Å²) in [4.78, 5) is 14.5. The Labute approximate surface area is 137 Å². The van der Waals surface area contributed by atoms with Crippen molar-refractivity contribution in [3.63, 3.8) is 0 Å². The van der Waals surface area contributed by atoms with Crippen LogP contribution in [0.1, 0.15) is 41.6 Å². The number of hydrogen-bond acceptors (Lipinski definition) is 3. The van der Waals surface area contributed by atoms with Crippen LogP contribution in [0.25, 0.3) is 0 Å². The first-order valence-electron chi connectivity index (χ1n) is 8.50. The number of carbonyl (C=O) groups excluding carboxylic acids is 1. The fourth-order valence-electron chi connectivity index (χ4n) is 3.02. The van der Waals surface area contributed by atoms with E-state index in [1.165, 1.54) is 18.9 Å². The molecule has 1 atom stereocenters. The third kappa shape index (κ3) is 4.30. The Bertz CT molecular complexity index is 560. The van der Waals surface area contributed by atoms with Gasteiger partial charge in [0, 0.05) is 36.9 Å². The molecule has 0 radical (unpaired) electrons. The topological polar surface area (TPSA) is 41.6 Å². The standard InChI is InChI=1S/C18H25FN2O2/c1-20-16-3-2-8-21(10-16)18(22)14-6-7-17(19)15(9-14)12-23-11-13-4-5-13/h6-7,9,13,16,20H,2-5,8,10-12H2,1H3. The van der Waals surface area contributed by atoms with E-state index < -0.39 is 0 Å². The molecule has 23 heavy (non-hydrogen) atoms. The number of amides is 1. The van der Waals surface area contributed by atoms with Gasteiger partial charge in [-0.2, -0.15) is 0 Å². The molecular formula is C18H25FN2O2. The van der Waals surface area contributed by atoms with Crippen LogP contribution < -0.4 is 5.32 Å². The first-order valence-corrected chi connectivity index (χ1v) is 8.50. The van der Waals surface area contributed by atoms with E-state index in [9.17, 15) is 9.18 Å². The summed E-state index contributed by atoms with van der Waals surface area (Å²) in [6.45, 7) is 2.40. The first-order chi connectivity index (χ1) is 11.2.